The summed E-state index contributed by atoms with van der Waals surface area (Å²) in [6.45, 7) is 31.2. The molecule has 57 heavy (non-hydrogen) atoms. The molecule has 0 aromatic heterocycles. The predicted molar refractivity (Wildman–Crippen MR) is 239 cm³/mol. The van der Waals surface area contributed by atoms with E-state index in [1.807, 2.05) is 60.7 Å². The van der Waals surface area contributed by atoms with Crippen molar-refractivity contribution in [2.45, 2.75) is 131 Å². The number of nitrogens with zero attached hydrogens (tertiary/aromatic N) is 3. The number of rotatable bonds is 9. The van der Waals surface area contributed by atoms with Crippen molar-refractivity contribution in [2.24, 2.45) is 0 Å². The fourth-order valence-electron chi connectivity index (χ4n) is 6.34. The minimum absolute atomic E-state index is 0. The summed E-state index contributed by atoms with van der Waals surface area (Å²) in [6.07, 6.45) is 2.56. The summed E-state index contributed by atoms with van der Waals surface area (Å²) >= 11 is 0. The molecule has 2 N–H and O–H groups in total. The standard InChI is InChI=1S/C34H56N2O2.C12H10N.C4H8O.Er/c1-31(2,3)25-17-23(29(37)27(19-25)33(7,8)9)21-36(16-15-35(13)14)22-24-18-26(32(4,5)6)20-28(30(24)38)34(10,11)12;1-3-7-11(8-4-1)13-12-9-5-2-6-10-12;1-2-4-5-3-1;/h17-20,37-38H,15-16,21-22H2,1-14H3;1-10H;1-4H2;/q;-1;;. The van der Waals surface area contributed by atoms with Gasteiger partial charge in [0.1, 0.15) is 11.5 Å². The van der Waals surface area contributed by atoms with Crippen LogP contribution in [-0.2, 0) is 39.5 Å². The van der Waals surface area contributed by atoms with Crippen molar-refractivity contribution < 1.29 is 52.3 Å². The molecule has 4 aromatic rings. The number of hydrogen-bond donors (Lipinski definition) is 2. The topological polar surface area (TPSA) is 70.3 Å². The summed E-state index contributed by atoms with van der Waals surface area (Å²) in [6, 6.07) is 28.6. The molecule has 320 valence electrons. The summed E-state index contributed by atoms with van der Waals surface area (Å²) < 4.78 is 4.94. The van der Waals surface area contributed by atoms with Crippen molar-refractivity contribution in [1.29, 1.82) is 0 Å². The molecule has 1 aliphatic heterocycles. The SMILES string of the molecule is C1CCOC1.CN(C)CCN(Cc1cc(C(C)(C)C)cc(C(C)(C)C)c1O)Cc1cc(C(C)(C)C)cc(C(C)(C)C)c1O.[Er].c1ccc([N-]c2ccccc2)cc1. The van der Waals surface area contributed by atoms with E-state index in [2.05, 4.69) is 137 Å². The Hall–Kier alpha value is -2.59. The van der Waals surface area contributed by atoms with Crippen LogP contribution in [0.2, 0.25) is 0 Å². The minimum atomic E-state index is -0.171. The molecule has 0 radical (unpaired) electrons. The first-order valence-electron chi connectivity index (χ1n) is 20.5. The number of para-hydroxylation sites is 2. The van der Waals surface area contributed by atoms with E-state index in [0.29, 0.717) is 24.6 Å². The Morgan fingerprint density at radius 3 is 1.19 bits per heavy atom. The molecule has 0 amide bonds. The van der Waals surface area contributed by atoms with Gasteiger partial charge in [0.2, 0.25) is 0 Å². The zero-order chi connectivity index (χ0) is 41.9. The molecule has 7 heteroatoms. The molecule has 6 nitrogen and oxygen atoms in total. The maximum atomic E-state index is 11.5. The van der Waals surface area contributed by atoms with Gasteiger partial charge in [-0.25, -0.2) is 0 Å². The van der Waals surface area contributed by atoms with Crippen molar-refractivity contribution in [1.82, 2.24) is 9.80 Å². The van der Waals surface area contributed by atoms with Gasteiger partial charge in [-0.1, -0.05) is 168 Å². The number of benzene rings is 4. The second-order valence-electron chi connectivity index (χ2n) is 19.7. The van der Waals surface area contributed by atoms with Crippen LogP contribution in [0, 0.1) is 37.3 Å². The summed E-state index contributed by atoms with van der Waals surface area (Å²) in [5, 5.41) is 27.4. The van der Waals surface area contributed by atoms with Gasteiger partial charge in [0.05, 0.1) is 0 Å². The predicted octanol–water partition coefficient (Wildman–Crippen LogP) is 12.7. The van der Waals surface area contributed by atoms with Gasteiger partial charge in [0, 0.05) is 87.8 Å². The van der Waals surface area contributed by atoms with Crippen molar-refractivity contribution in [3.05, 3.63) is 124 Å². The Labute approximate surface area is 377 Å². The first-order chi connectivity index (χ1) is 26.0. The van der Waals surface area contributed by atoms with E-state index in [-0.39, 0.29) is 59.0 Å². The Bertz CT molecular complexity index is 1650. The van der Waals surface area contributed by atoms with Crippen LogP contribution in [0.4, 0.5) is 11.4 Å². The first kappa shape index (κ1) is 50.5. The van der Waals surface area contributed by atoms with Gasteiger partial charge in [-0.05, 0) is 70.9 Å². The number of phenolic OH excluding ortho intramolecular Hbond substituents is 2. The Balaban J connectivity index is 0.000000477. The molecule has 0 bridgehead atoms. The molecule has 0 atom stereocenters. The molecule has 0 unspecified atom stereocenters. The van der Waals surface area contributed by atoms with Crippen LogP contribution >= 0.6 is 0 Å². The molecular weight excluding hydrogens is 858 g/mol. The van der Waals surface area contributed by atoms with Gasteiger partial charge in [0.15, 0.2) is 0 Å². The molecule has 4 aromatic carbocycles. The summed E-state index contributed by atoms with van der Waals surface area (Å²) in [5.74, 6) is 0.784. The Kier molecular flexibility index (Phi) is 19.6. The van der Waals surface area contributed by atoms with E-state index in [9.17, 15) is 10.2 Å². The van der Waals surface area contributed by atoms with Gasteiger partial charge < -0.3 is 25.2 Å². The Morgan fingerprint density at radius 1 is 0.544 bits per heavy atom. The molecule has 5 rings (SSSR count). The van der Waals surface area contributed by atoms with Gasteiger partial charge in [-0.15, -0.1) is 11.4 Å². The van der Waals surface area contributed by atoms with E-state index in [1.165, 1.54) is 24.0 Å². The smallest absolute Gasteiger partial charge is 0.123 e. The third kappa shape index (κ3) is 16.9. The van der Waals surface area contributed by atoms with Crippen molar-refractivity contribution in [2.75, 3.05) is 40.4 Å². The van der Waals surface area contributed by atoms with Crippen molar-refractivity contribution in [3.63, 3.8) is 0 Å². The molecule has 0 spiro atoms. The van der Waals surface area contributed by atoms with Crippen LogP contribution < -0.4 is 0 Å². The molecule has 0 aliphatic carbocycles. The van der Waals surface area contributed by atoms with E-state index >= 15 is 0 Å². The normalized spacial score (nSPS) is 13.3. The molecular formula is C50H74ErN3O3-. The average Bonchev–Trinajstić information content (AvgIpc) is 3.69. The minimum Gasteiger partial charge on any atom is -0.658 e. The third-order valence-electron chi connectivity index (χ3n) is 9.98. The van der Waals surface area contributed by atoms with Crippen molar-refractivity contribution in [3.8, 4) is 11.5 Å². The fourth-order valence-corrected chi connectivity index (χ4v) is 6.34. The molecule has 1 fully saturated rings. The second-order valence-corrected chi connectivity index (χ2v) is 19.7. The number of hydrogen-bond acceptors (Lipinski definition) is 5. The van der Waals surface area contributed by atoms with E-state index < -0.39 is 0 Å². The second kappa shape index (κ2) is 22.1. The summed E-state index contributed by atoms with van der Waals surface area (Å²) in [7, 11) is 4.17. The maximum absolute atomic E-state index is 11.5. The number of phenols is 2. The Morgan fingerprint density at radius 2 is 0.912 bits per heavy atom. The van der Waals surface area contributed by atoms with Gasteiger partial charge in [-0.3, -0.25) is 4.90 Å². The average molecular weight is 932 g/mol. The van der Waals surface area contributed by atoms with Crippen LogP contribution in [0.25, 0.3) is 5.32 Å². The summed E-state index contributed by atoms with van der Waals surface area (Å²) in [5.41, 5.74) is 7.92. The van der Waals surface area contributed by atoms with Crippen LogP contribution in [0.1, 0.15) is 129 Å². The summed E-state index contributed by atoms with van der Waals surface area (Å²) in [4.78, 5) is 4.55. The van der Waals surface area contributed by atoms with Gasteiger partial charge in [0.25, 0.3) is 0 Å². The van der Waals surface area contributed by atoms with E-state index in [1.54, 1.807) is 0 Å². The molecule has 1 saturated heterocycles. The molecule has 0 saturated carbocycles. The quantitative estimate of drug-likeness (QED) is 0.175. The largest absolute Gasteiger partial charge is 0.658 e. The van der Waals surface area contributed by atoms with E-state index in [4.69, 9.17) is 4.74 Å². The van der Waals surface area contributed by atoms with Crippen LogP contribution in [-0.4, -0.2) is 60.4 Å². The molecule has 1 heterocycles. The number of aromatic hydroxyl groups is 2. The van der Waals surface area contributed by atoms with Crippen LogP contribution in [0.15, 0.2) is 84.9 Å². The van der Waals surface area contributed by atoms with Crippen LogP contribution in [0.3, 0.4) is 0 Å². The zero-order valence-electron chi connectivity index (χ0n) is 37.7. The first-order valence-corrected chi connectivity index (χ1v) is 20.5. The zero-order valence-corrected chi connectivity index (χ0v) is 39.5. The van der Waals surface area contributed by atoms with E-state index in [0.717, 1.165) is 59.9 Å². The maximum Gasteiger partial charge on any atom is 0.123 e. The third-order valence-corrected chi connectivity index (χ3v) is 9.98. The number of likely N-dealkylation sites (N-methyl/N-ethyl adjacent to an activating group) is 1. The van der Waals surface area contributed by atoms with Gasteiger partial charge >= 0.3 is 0 Å². The van der Waals surface area contributed by atoms with Crippen LogP contribution in [0.5, 0.6) is 11.5 Å². The van der Waals surface area contributed by atoms with Crippen molar-refractivity contribution >= 4 is 11.4 Å². The fraction of sp³-hybridized carbons (Fsp3) is 0.520. The number of ether oxygens (including phenoxy) is 1. The monoisotopic (exact) mass is 931 g/mol. The van der Waals surface area contributed by atoms with Gasteiger partial charge in [-0.2, -0.15) is 0 Å². The molecule has 1 aliphatic rings.